The summed E-state index contributed by atoms with van der Waals surface area (Å²) in [6.07, 6.45) is -0.525. The van der Waals surface area contributed by atoms with E-state index in [0.29, 0.717) is 23.1 Å². The Morgan fingerprint density at radius 2 is 1.97 bits per heavy atom. The van der Waals surface area contributed by atoms with Crippen molar-refractivity contribution < 1.29 is 22.7 Å². The minimum absolute atomic E-state index is 0.0751. The van der Waals surface area contributed by atoms with Gasteiger partial charge in [0.25, 0.3) is 5.91 Å². The van der Waals surface area contributed by atoms with Crippen molar-refractivity contribution in [2.24, 2.45) is 0 Å². The van der Waals surface area contributed by atoms with E-state index in [1.165, 1.54) is 12.1 Å². The first-order valence-electron chi connectivity index (χ1n) is 10.4. The molecule has 0 saturated heterocycles. The number of thiocarbonyl (C=S) groups is 1. The Morgan fingerprint density at radius 3 is 2.70 bits per heavy atom. The fourth-order valence-electron chi connectivity index (χ4n) is 3.15. The Balaban J connectivity index is 1.72. The normalized spacial score (nSPS) is 11.3. The second kappa shape index (κ2) is 10.6. The molecular weight excluding hydrogens is 453 g/mol. The summed E-state index contributed by atoms with van der Waals surface area (Å²) in [7, 11) is 0. The average Bonchev–Trinajstić information content (AvgIpc) is 2.76. The van der Waals surface area contributed by atoms with Gasteiger partial charge >= 0.3 is 6.18 Å². The van der Waals surface area contributed by atoms with Crippen molar-refractivity contribution in [3.63, 3.8) is 0 Å². The molecule has 0 aliphatic rings. The van der Waals surface area contributed by atoms with E-state index < -0.39 is 17.6 Å². The molecule has 0 fully saturated rings. The van der Waals surface area contributed by atoms with Crippen LogP contribution in [0, 0.1) is 6.92 Å². The van der Waals surface area contributed by atoms with Gasteiger partial charge in [0, 0.05) is 17.3 Å². The zero-order valence-corrected chi connectivity index (χ0v) is 18.9. The van der Waals surface area contributed by atoms with Crippen molar-refractivity contribution in [1.29, 1.82) is 0 Å². The van der Waals surface area contributed by atoms with Crippen LogP contribution in [-0.4, -0.2) is 27.6 Å². The number of fused-ring (bicyclic) bond motifs is 1. The summed E-state index contributed by atoms with van der Waals surface area (Å²) in [5.41, 5.74) is 0.395. The van der Waals surface area contributed by atoms with E-state index in [0.717, 1.165) is 18.9 Å². The van der Waals surface area contributed by atoms with Gasteiger partial charge in [0.15, 0.2) is 10.8 Å². The van der Waals surface area contributed by atoms with Gasteiger partial charge in [0.05, 0.1) is 23.4 Å². The number of aryl methyl sites for hydroxylation is 1. The Morgan fingerprint density at radius 1 is 1.18 bits per heavy atom. The third-order valence-corrected chi connectivity index (χ3v) is 5.00. The molecule has 3 rings (SSSR count). The third-order valence-electron chi connectivity index (χ3n) is 4.80. The molecule has 1 amide bonds. The molecule has 0 unspecified atom stereocenters. The second-order valence-electron chi connectivity index (χ2n) is 7.34. The van der Waals surface area contributed by atoms with Crippen LogP contribution in [0.4, 0.5) is 18.9 Å². The molecule has 1 aromatic carbocycles. The number of nitrogens with one attached hydrogen (secondary N) is 2. The third kappa shape index (κ3) is 6.38. The van der Waals surface area contributed by atoms with Crippen LogP contribution in [0.5, 0.6) is 5.75 Å². The highest BCUT2D eigenvalue weighted by Crippen LogP contribution is 2.38. The number of carbonyl (C=O) groups is 1. The van der Waals surface area contributed by atoms with Crippen molar-refractivity contribution >= 4 is 40.0 Å². The van der Waals surface area contributed by atoms with E-state index in [2.05, 4.69) is 20.6 Å². The quantitative estimate of drug-likeness (QED) is 0.339. The summed E-state index contributed by atoms with van der Waals surface area (Å²) in [6.45, 7) is 3.86. The lowest BCUT2D eigenvalue weighted by molar-refractivity contribution is -0.138. The zero-order valence-electron chi connectivity index (χ0n) is 18.1. The number of hydrogen-bond donors (Lipinski definition) is 2. The summed E-state index contributed by atoms with van der Waals surface area (Å²) < 4.78 is 45.9. The maximum Gasteiger partial charge on any atom is 0.420 e. The van der Waals surface area contributed by atoms with Gasteiger partial charge < -0.3 is 10.1 Å². The maximum atomic E-state index is 13.5. The first kappa shape index (κ1) is 24.4. The number of hydrogen-bond acceptors (Lipinski definition) is 5. The molecule has 2 heterocycles. The Kier molecular flexibility index (Phi) is 7.80. The van der Waals surface area contributed by atoms with Crippen LogP contribution >= 0.6 is 12.2 Å². The number of carbonyl (C=O) groups excluding carboxylic acids is 1. The van der Waals surface area contributed by atoms with Crippen LogP contribution in [0.2, 0.25) is 0 Å². The van der Waals surface area contributed by atoms with Crippen LogP contribution in [0.3, 0.4) is 0 Å². The van der Waals surface area contributed by atoms with E-state index in [-0.39, 0.29) is 28.7 Å². The highest BCUT2D eigenvalue weighted by Gasteiger charge is 2.34. The fourth-order valence-corrected chi connectivity index (χ4v) is 3.36. The van der Waals surface area contributed by atoms with Crippen molar-refractivity contribution in [2.75, 3.05) is 11.9 Å². The number of unbranched alkanes of at least 4 members (excludes halogenated alkanes) is 2. The highest BCUT2D eigenvalue weighted by molar-refractivity contribution is 7.80. The molecule has 0 aliphatic carbocycles. The first-order valence-corrected chi connectivity index (χ1v) is 10.8. The maximum absolute atomic E-state index is 13.5. The van der Waals surface area contributed by atoms with Gasteiger partial charge in [-0.3, -0.25) is 10.1 Å². The molecule has 2 N–H and O–H groups in total. The second-order valence-corrected chi connectivity index (χ2v) is 7.75. The summed E-state index contributed by atoms with van der Waals surface area (Å²) >= 11 is 5.13. The van der Waals surface area contributed by atoms with Crippen molar-refractivity contribution in [3.8, 4) is 5.75 Å². The molecule has 0 radical (unpaired) electrons. The van der Waals surface area contributed by atoms with E-state index in [1.54, 1.807) is 31.3 Å². The SMILES string of the molecule is CCCCCOc1ccc(NC(=S)NC(=O)c2cc3cccnc3nc2C)cc1C(F)(F)F. The average molecular weight is 477 g/mol. The smallest absolute Gasteiger partial charge is 0.420 e. The number of nitrogens with zero attached hydrogens (tertiary/aromatic N) is 2. The molecule has 10 heteroatoms. The van der Waals surface area contributed by atoms with E-state index in [4.69, 9.17) is 17.0 Å². The van der Waals surface area contributed by atoms with Crippen LogP contribution < -0.4 is 15.4 Å². The highest BCUT2D eigenvalue weighted by atomic mass is 32.1. The largest absolute Gasteiger partial charge is 0.493 e. The van der Waals surface area contributed by atoms with Gasteiger partial charge in [-0.15, -0.1) is 0 Å². The Hall–Kier alpha value is -3.27. The number of alkyl halides is 3. The topological polar surface area (TPSA) is 76.1 Å². The number of pyridine rings is 2. The van der Waals surface area contributed by atoms with Crippen LogP contribution in [-0.2, 0) is 6.18 Å². The summed E-state index contributed by atoms with van der Waals surface area (Å²) in [6, 6.07) is 8.69. The molecule has 33 heavy (non-hydrogen) atoms. The van der Waals surface area contributed by atoms with Crippen LogP contribution in [0.15, 0.2) is 42.6 Å². The molecule has 174 valence electrons. The number of aromatic nitrogens is 2. The van der Waals surface area contributed by atoms with E-state index >= 15 is 0 Å². The molecule has 2 aromatic heterocycles. The Bertz CT molecular complexity index is 1170. The molecule has 0 aliphatic heterocycles. The minimum Gasteiger partial charge on any atom is -0.493 e. The number of anilines is 1. The molecule has 0 bridgehead atoms. The molecule has 0 saturated carbocycles. The number of rotatable bonds is 7. The molecular formula is C23H23F3N4O2S. The van der Waals surface area contributed by atoms with Crippen molar-refractivity contribution in [3.05, 3.63) is 59.4 Å². The lowest BCUT2D eigenvalue weighted by Crippen LogP contribution is -2.34. The van der Waals surface area contributed by atoms with Crippen molar-refractivity contribution in [1.82, 2.24) is 15.3 Å². The lowest BCUT2D eigenvalue weighted by atomic mass is 10.1. The number of amides is 1. The predicted octanol–water partition coefficient (Wildman–Crippen LogP) is 5.65. The van der Waals surface area contributed by atoms with Gasteiger partial charge in [-0.05, 0) is 62.0 Å². The van der Waals surface area contributed by atoms with Crippen LogP contribution in [0.1, 0.15) is 47.8 Å². The fraction of sp³-hybridized carbons (Fsp3) is 0.304. The van der Waals surface area contributed by atoms with Gasteiger partial charge in [0.2, 0.25) is 0 Å². The van der Waals surface area contributed by atoms with Crippen molar-refractivity contribution in [2.45, 2.75) is 39.3 Å². The van der Waals surface area contributed by atoms with Gasteiger partial charge in [-0.2, -0.15) is 13.2 Å². The summed E-state index contributed by atoms with van der Waals surface area (Å²) in [4.78, 5) is 21.1. The minimum atomic E-state index is -4.61. The summed E-state index contributed by atoms with van der Waals surface area (Å²) in [5, 5.41) is 5.64. The standard InChI is InChI=1S/C23H23F3N4O2S/c1-3-4-5-11-32-19-9-8-16(13-18(19)23(24,25)26)29-22(33)30-21(31)17-12-15-7-6-10-27-20(15)28-14(17)2/h6-10,12-13H,3-5,11H2,1-2H3,(H2,29,30,31,33). The lowest BCUT2D eigenvalue weighted by Gasteiger charge is -2.16. The first-order chi connectivity index (χ1) is 15.7. The van der Waals surface area contributed by atoms with Gasteiger partial charge in [-0.1, -0.05) is 19.8 Å². The molecule has 6 nitrogen and oxygen atoms in total. The predicted molar refractivity (Wildman–Crippen MR) is 124 cm³/mol. The van der Waals surface area contributed by atoms with Gasteiger partial charge in [0.1, 0.15) is 5.75 Å². The molecule has 0 atom stereocenters. The van der Waals surface area contributed by atoms with Crippen LogP contribution in [0.25, 0.3) is 11.0 Å². The zero-order chi connectivity index (χ0) is 24.0. The number of benzene rings is 1. The van der Waals surface area contributed by atoms with E-state index in [9.17, 15) is 18.0 Å². The summed E-state index contributed by atoms with van der Waals surface area (Å²) in [5.74, 6) is -0.777. The number of halogens is 3. The molecule has 0 spiro atoms. The van der Waals surface area contributed by atoms with Gasteiger partial charge in [-0.25, -0.2) is 9.97 Å². The number of ether oxygens (including phenoxy) is 1. The monoisotopic (exact) mass is 476 g/mol. The van der Waals surface area contributed by atoms with E-state index in [1.807, 2.05) is 6.92 Å². The molecule has 3 aromatic rings. The Labute approximate surface area is 194 Å².